The average Bonchev–Trinajstić information content (AvgIpc) is 2.66. The van der Waals surface area contributed by atoms with E-state index < -0.39 is 28.0 Å². The molecule has 5 N–H and O–H groups in total. The van der Waals surface area contributed by atoms with Crippen LogP contribution in [-0.2, 0) is 19.6 Å². The second-order valence-electron chi connectivity index (χ2n) is 5.42. The van der Waals surface area contributed by atoms with Crippen LogP contribution in [0.15, 0.2) is 24.3 Å². The van der Waals surface area contributed by atoms with E-state index in [0.717, 1.165) is 0 Å². The third-order valence-corrected chi connectivity index (χ3v) is 2.89. The number of unbranched alkanes of at least 4 members (excludes halogenated alkanes) is 2. The third kappa shape index (κ3) is 15.6. The van der Waals surface area contributed by atoms with Crippen LogP contribution in [-0.4, -0.2) is 50.3 Å². The van der Waals surface area contributed by atoms with Gasteiger partial charge in [0.2, 0.25) is 0 Å². The van der Waals surface area contributed by atoms with Crippen LogP contribution < -0.4 is 21.2 Å². The minimum absolute atomic E-state index is 0.0254. The molecule has 0 fully saturated rings. The van der Waals surface area contributed by atoms with E-state index in [-0.39, 0.29) is 30.7 Å². The van der Waals surface area contributed by atoms with E-state index in [1.807, 2.05) is 0 Å². The van der Waals surface area contributed by atoms with Crippen LogP contribution in [0.4, 0.5) is 0 Å². The van der Waals surface area contributed by atoms with Gasteiger partial charge in [0.05, 0.1) is 28.8 Å². The highest BCUT2D eigenvalue weighted by atomic mass is 32.2. The van der Waals surface area contributed by atoms with Gasteiger partial charge in [-0.15, -0.1) is 0 Å². The minimum Gasteiger partial charge on any atom is -0.748 e. The summed E-state index contributed by atoms with van der Waals surface area (Å²) in [5, 5.41) is 0.737. The maximum absolute atomic E-state index is 11.8. The lowest BCUT2D eigenvalue weighted by Crippen LogP contribution is -2.54. The van der Waals surface area contributed by atoms with E-state index >= 15 is 0 Å². The molecule has 0 aromatic heterocycles. The van der Waals surface area contributed by atoms with Gasteiger partial charge in [0.15, 0.2) is 0 Å². The van der Waals surface area contributed by atoms with E-state index in [1.54, 1.807) is 6.92 Å². The van der Waals surface area contributed by atoms with Crippen molar-refractivity contribution in [2.24, 2.45) is 5.72 Å². The number of esters is 2. The van der Waals surface area contributed by atoms with Crippen molar-refractivity contribution in [3.63, 3.8) is 0 Å². The van der Waals surface area contributed by atoms with Gasteiger partial charge in [0.1, 0.15) is 5.75 Å². The lowest BCUT2D eigenvalue weighted by atomic mass is 10.2. The molecule has 11 heteroatoms. The van der Waals surface area contributed by atoms with Crippen LogP contribution in [0, 0.1) is 0 Å². The molecule has 0 saturated carbocycles. The number of carbonyl (C=O) groups is 2. The van der Waals surface area contributed by atoms with Crippen molar-refractivity contribution < 1.29 is 44.5 Å². The summed E-state index contributed by atoms with van der Waals surface area (Å²) in [6, 6.07) is 6.06. The summed E-state index contributed by atoms with van der Waals surface area (Å²) in [5.74, 6) is -1.06. The highest BCUT2D eigenvalue weighted by Gasteiger charge is 2.08. The molecular formula is C17H27N3O7S. The molecule has 0 unspecified atom stereocenters. The molecule has 0 aliphatic carbocycles. The zero-order chi connectivity index (χ0) is 25.6. The Bertz CT molecular complexity index is 887. The zero-order valence-corrected chi connectivity index (χ0v) is 16.5. The van der Waals surface area contributed by atoms with Crippen LogP contribution in [0.25, 0.3) is 0 Å². The molecule has 1 rings (SSSR count). The van der Waals surface area contributed by atoms with Crippen molar-refractivity contribution in [2.45, 2.75) is 32.6 Å². The minimum atomic E-state index is -3.92. The number of guanidine groups is 1. The van der Waals surface area contributed by atoms with Crippen molar-refractivity contribution in [1.82, 2.24) is 5.31 Å². The number of hydrogen-bond acceptors (Lipinski definition) is 7. The molecule has 0 atom stereocenters. The molecule has 0 saturated heterocycles. The number of nitrogens with two attached hydrogens (primary N) is 2. The van der Waals surface area contributed by atoms with Crippen LogP contribution in [0.1, 0.15) is 43.0 Å². The molecule has 10 nitrogen and oxygen atoms in total. The standard InChI is InChI=1S/C16H23N3O4.CH4O3S/c1-2-22-15(21)12-7-9-13(10-8-12)23-14(20)6-4-3-5-11-19-16(17)18;1-5(2,3)4/h7-10H,2-6,11H2,1H3,(H4,17,18,19);1H3,(H,2,3,4)/i/hD5. The summed E-state index contributed by atoms with van der Waals surface area (Å²) in [5.41, 5.74) is 0.396. The van der Waals surface area contributed by atoms with Gasteiger partial charge in [-0.2, -0.15) is 0 Å². The fraction of sp³-hybridized carbons (Fsp3) is 0.471. The molecular weight excluding hydrogens is 390 g/mol. The summed E-state index contributed by atoms with van der Waals surface area (Å²) >= 11 is 0. The van der Waals surface area contributed by atoms with Crippen LogP contribution in [0.2, 0.25) is 7.06 Å². The molecule has 1 aromatic rings. The monoisotopic (exact) mass is 422 g/mol. The number of carbonyl (C=O) groups excluding carboxylic acids is 2. The van der Waals surface area contributed by atoms with Crippen molar-refractivity contribution in [2.75, 3.05) is 19.4 Å². The van der Waals surface area contributed by atoms with Crippen molar-refractivity contribution >= 4 is 28.0 Å². The van der Waals surface area contributed by atoms with Gasteiger partial charge in [-0.25, -0.2) is 13.2 Å². The zero-order valence-electron chi connectivity index (χ0n) is 20.7. The van der Waals surface area contributed by atoms with Gasteiger partial charge in [0.25, 0.3) is 7.06 Å². The van der Waals surface area contributed by atoms with Gasteiger partial charge < -0.3 is 14.0 Å². The second kappa shape index (κ2) is 13.5. The Balaban J connectivity index is 0.00000184. The maximum atomic E-state index is 11.8. The number of hydrogen-bond donors (Lipinski definition) is 3. The topological polar surface area (TPSA) is 173 Å². The van der Waals surface area contributed by atoms with E-state index in [9.17, 15) is 9.59 Å². The molecule has 0 aliphatic heterocycles. The van der Waals surface area contributed by atoms with Gasteiger partial charge >= 0.3 is 17.9 Å². The first-order valence-electron chi connectivity index (χ1n) is 10.6. The number of ether oxygens (including phenoxy) is 2. The molecule has 0 bridgehead atoms. The molecule has 0 aliphatic rings. The Hall–Kier alpha value is -2.66. The maximum Gasteiger partial charge on any atom is 0.338 e. The first kappa shape index (κ1) is 17.4. The lowest BCUT2D eigenvalue weighted by Gasteiger charge is -2.06. The normalized spacial score (nSPS) is 12.5. The van der Waals surface area contributed by atoms with Crippen molar-refractivity contribution in [3.8, 4) is 5.75 Å². The fourth-order valence-electron chi connectivity index (χ4n) is 1.79. The molecule has 0 spiro atoms. The predicted octanol–water partition coefficient (Wildman–Crippen LogP) is -0.846. The highest BCUT2D eigenvalue weighted by molar-refractivity contribution is 7.84. The fourth-order valence-corrected chi connectivity index (χ4v) is 1.79. The van der Waals surface area contributed by atoms with Crippen LogP contribution >= 0.6 is 0 Å². The average molecular weight is 423 g/mol. The van der Waals surface area contributed by atoms with Crippen LogP contribution in [0.5, 0.6) is 5.75 Å². The molecule has 0 radical (unpaired) electrons. The van der Waals surface area contributed by atoms with Crippen molar-refractivity contribution in [3.05, 3.63) is 29.8 Å². The highest BCUT2D eigenvalue weighted by Crippen LogP contribution is 2.14. The third-order valence-electron chi connectivity index (χ3n) is 2.89. The predicted molar refractivity (Wildman–Crippen MR) is 101 cm³/mol. The summed E-state index contributed by atoms with van der Waals surface area (Å²) < 4.78 is 73.2. The van der Waals surface area contributed by atoms with Gasteiger partial charge in [-0.3, -0.25) is 21.2 Å². The molecule has 0 amide bonds. The van der Waals surface area contributed by atoms with Gasteiger partial charge in [0, 0.05) is 12.7 Å². The van der Waals surface area contributed by atoms with E-state index in [1.165, 1.54) is 24.3 Å². The van der Waals surface area contributed by atoms with E-state index in [4.69, 9.17) is 29.5 Å². The molecule has 158 valence electrons. The first-order chi connectivity index (χ1) is 15.3. The summed E-state index contributed by atoms with van der Waals surface area (Å²) in [6.45, 7) is 2.11. The SMILES string of the molecule is CS(=O)(=O)[O-].[2H]N([2H])C(N([2H])CCCCCC(=O)Oc1ccc(C(=O)OCC)cc1)=[N+]([2H])[2H]. The van der Waals surface area contributed by atoms with E-state index in [0.29, 0.717) is 42.1 Å². The Labute approximate surface area is 172 Å². The molecule has 1 aromatic carbocycles. The Kier molecular flexibility index (Phi) is 8.41. The quantitative estimate of drug-likeness (QED) is 0.114. The number of benzene rings is 1. The molecule has 28 heavy (non-hydrogen) atoms. The smallest absolute Gasteiger partial charge is 0.338 e. The molecule has 0 heterocycles. The Morgan fingerprint density at radius 1 is 1.32 bits per heavy atom. The summed E-state index contributed by atoms with van der Waals surface area (Å²) in [6.07, 6.45) is 2.36. The van der Waals surface area contributed by atoms with E-state index in [2.05, 4.69) is 0 Å². The number of nitrogens with one attached hydrogen (secondary N) is 1. The summed E-state index contributed by atoms with van der Waals surface area (Å²) in [7, 11) is -3.92. The Morgan fingerprint density at radius 2 is 1.96 bits per heavy atom. The second-order valence-corrected chi connectivity index (χ2v) is 6.82. The van der Waals surface area contributed by atoms with Crippen LogP contribution in [0.3, 0.4) is 0 Å². The largest absolute Gasteiger partial charge is 0.748 e. The first-order valence-corrected chi connectivity index (χ1v) is 10.2. The Morgan fingerprint density at radius 3 is 2.50 bits per heavy atom. The van der Waals surface area contributed by atoms with Gasteiger partial charge in [-0.1, -0.05) is 0 Å². The number of rotatable bonds is 9. The lowest BCUT2D eigenvalue weighted by molar-refractivity contribution is -0.134. The van der Waals surface area contributed by atoms with Gasteiger partial charge in [-0.05, 0) is 50.5 Å². The van der Waals surface area contributed by atoms with Crippen molar-refractivity contribution in [1.29, 1.82) is 0 Å². The summed E-state index contributed by atoms with van der Waals surface area (Å²) in [4.78, 5) is 23.4.